The van der Waals surface area contributed by atoms with E-state index >= 15 is 0 Å². The van der Waals surface area contributed by atoms with E-state index in [2.05, 4.69) is 106 Å². The normalized spacial score (nSPS) is 19.9. The van der Waals surface area contributed by atoms with E-state index in [-0.39, 0.29) is 40.7 Å². The first kappa shape index (κ1) is 57.2. The molecule has 0 bridgehead atoms. The van der Waals surface area contributed by atoms with Gasteiger partial charge in [-0.25, -0.2) is 0 Å². The number of unbranched alkanes of at least 4 members (excludes halogenated alkanes) is 18. The number of hydrogen-bond acceptors (Lipinski definition) is 6. The van der Waals surface area contributed by atoms with E-state index in [1.54, 1.807) is 0 Å². The Morgan fingerprint density at radius 2 is 0.594 bits per heavy atom. The molecular weight excluding hydrogens is 857 g/mol. The maximum absolute atomic E-state index is 6.13. The molecule has 10 heteroatoms. The molecule has 0 aromatic heterocycles. The second-order valence-corrected chi connectivity index (χ2v) is 23.0. The van der Waals surface area contributed by atoms with Crippen LogP contribution in [-0.4, -0.2) is 54.7 Å². The van der Waals surface area contributed by atoms with Gasteiger partial charge in [-0.2, -0.15) is 0 Å². The van der Waals surface area contributed by atoms with E-state index in [1.807, 2.05) is 55.4 Å². The van der Waals surface area contributed by atoms with Gasteiger partial charge in [-0.15, -0.1) is 0 Å². The van der Waals surface area contributed by atoms with Crippen LogP contribution in [0.15, 0.2) is 53.0 Å². The number of rotatable bonds is 24. The van der Waals surface area contributed by atoms with E-state index in [1.165, 1.54) is 157 Å². The molecule has 0 atom stereocenters. The molecular formula is C54H94B3BrO6. The van der Waals surface area contributed by atoms with Gasteiger partial charge in [0.1, 0.15) is 0 Å². The average Bonchev–Trinajstić information content (AvgIpc) is 3.70. The number of halogens is 1. The van der Waals surface area contributed by atoms with Gasteiger partial charge < -0.3 is 27.9 Å². The summed E-state index contributed by atoms with van der Waals surface area (Å²) in [5.41, 5.74) is 2.04. The Balaban J connectivity index is 0.000000263. The highest BCUT2D eigenvalue weighted by Crippen LogP contribution is 2.43. The van der Waals surface area contributed by atoms with Crippen LogP contribution >= 0.6 is 15.9 Å². The van der Waals surface area contributed by atoms with Crippen LogP contribution in [0.1, 0.15) is 236 Å². The van der Waals surface area contributed by atoms with Crippen molar-refractivity contribution in [1.29, 1.82) is 0 Å². The summed E-state index contributed by atoms with van der Waals surface area (Å²) >= 11 is 3.48. The average molecular weight is 952 g/mol. The molecule has 0 unspecified atom stereocenters. The van der Waals surface area contributed by atoms with Crippen molar-refractivity contribution in [2.45, 2.75) is 272 Å². The van der Waals surface area contributed by atoms with E-state index < -0.39 is 14.0 Å². The smallest absolute Gasteiger partial charge is 0.405 e. The molecule has 2 aromatic rings. The van der Waals surface area contributed by atoms with Gasteiger partial charge in [-0.1, -0.05) is 182 Å². The molecule has 2 aromatic carbocycles. The van der Waals surface area contributed by atoms with E-state index in [4.69, 9.17) is 27.9 Å². The van der Waals surface area contributed by atoms with Gasteiger partial charge in [0, 0.05) is 4.47 Å². The molecule has 0 N–H and O–H groups in total. The highest BCUT2D eigenvalue weighted by atomic mass is 79.9. The Morgan fingerprint density at radius 3 is 0.891 bits per heavy atom. The van der Waals surface area contributed by atoms with E-state index in [0.29, 0.717) is 0 Å². The van der Waals surface area contributed by atoms with Gasteiger partial charge in [-0.05, 0) is 137 Å². The standard InChI is InChI=1S/C24H41BO2.C18H29Br.C12H24B2O4/c1-6-7-8-9-10-11-12-13-14-15-16-21-17-19-22(20-18-21)25-26-23(2,3)24(4,5)27-25;1-2-3-4-5-6-7-8-9-10-11-12-17-13-15-18(19)16-14-17;1-9(2)10(3,4)16-13(15-9)14-17-11(5,6)12(7,8)18-14/h17-20H,6-16H2,1-5H3;13-16H,2-12H2,1H3;1-8H3. The lowest BCUT2D eigenvalue weighted by Crippen LogP contribution is -2.41. The molecule has 3 saturated heterocycles. The first-order valence-electron chi connectivity index (χ1n) is 26.0. The zero-order valence-electron chi connectivity index (χ0n) is 43.7. The third-order valence-corrected chi connectivity index (χ3v) is 15.4. The Kier molecular flexibility index (Phi) is 24.3. The number of hydrogen-bond donors (Lipinski definition) is 0. The summed E-state index contributed by atoms with van der Waals surface area (Å²) < 4.78 is 37.3. The number of aryl methyl sites for hydroxylation is 2. The Hall–Kier alpha value is -1.13. The molecule has 0 radical (unpaired) electrons. The molecule has 64 heavy (non-hydrogen) atoms. The van der Waals surface area contributed by atoms with Gasteiger partial charge in [-0.3, -0.25) is 0 Å². The van der Waals surface area contributed by atoms with Crippen molar-refractivity contribution in [1.82, 2.24) is 0 Å². The Morgan fingerprint density at radius 1 is 0.344 bits per heavy atom. The summed E-state index contributed by atoms with van der Waals surface area (Å²) in [7, 11) is -1.20. The fraction of sp³-hybridized carbons (Fsp3) is 0.778. The lowest BCUT2D eigenvalue weighted by molar-refractivity contribution is 0.00578. The second kappa shape index (κ2) is 27.2. The third kappa shape index (κ3) is 18.8. The van der Waals surface area contributed by atoms with Crippen LogP contribution in [0.25, 0.3) is 0 Å². The van der Waals surface area contributed by atoms with E-state index in [9.17, 15) is 0 Å². The fourth-order valence-corrected chi connectivity index (χ4v) is 8.37. The Bertz CT molecular complexity index is 1480. The van der Waals surface area contributed by atoms with Gasteiger partial charge >= 0.3 is 21.1 Å². The molecule has 3 heterocycles. The van der Waals surface area contributed by atoms with Crippen molar-refractivity contribution in [2.24, 2.45) is 0 Å². The lowest BCUT2D eigenvalue weighted by atomic mass is 9.49. The topological polar surface area (TPSA) is 55.4 Å². The van der Waals surface area contributed by atoms with Gasteiger partial charge in [0.25, 0.3) is 0 Å². The molecule has 362 valence electrons. The predicted octanol–water partition coefficient (Wildman–Crippen LogP) is 15.6. The van der Waals surface area contributed by atoms with Crippen molar-refractivity contribution < 1.29 is 27.9 Å². The first-order chi connectivity index (χ1) is 30.1. The fourth-order valence-electron chi connectivity index (χ4n) is 8.10. The van der Waals surface area contributed by atoms with Crippen molar-refractivity contribution in [3.63, 3.8) is 0 Å². The van der Waals surface area contributed by atoms with Crippen molar-refractivity contribution in [3.8, 4) is 0 Å². The van der Waals surface area contributed by atoms with Crippen molar-refractivity contribution in [2.75, 3.05) is 0 Å². The molecule has 0 spiro atoms. The van der Waals surface area contributed by atoms with Gasteiger partial charge in [0.05, 0.1) is 33.6 Å². The summed E-state index contributed by atoms with van der Waals surface area (Å²) in [5.74, 6) is 0. The molecule has 3 aliphatic heterocycles. The summed E-state index contributed by atoms with van der Waals surface area (Å²) in [6, 6.07) is 17.6. The first-order valence-corrected chi connectivity index (χ1v) is 26.8. The third-order valence-electron chi connectivity index (χ3n) is 14.8. The minimum Gasteiger partial charge on any atom is -0.405 e. The molecule has 6 nitrogen and oxygen atoms in total. The molecule has 3 aliphatic rings. The summed E-state index contributed by atoms with van der Waals surface area (Å²) in [5, 5.41) is 0. The molecule has 0 aliphatic carbocycles. The zero-order valence-corrected chi connectivity index (χ0v) is 45.3. The predicted molar refractivity (Wildman–Crippen MR) is 280 cm³/mol. The monoisotopic (exact) mass is 951 g/mol. The van der Waals surface area contributed by atoms with Gasteiger partial charge in [0.15, 0.2) is 0 Å². The van der Waals surface area contributed by atoms with Crippen LogP contribution in [0.3, 0.4) is 0 Å². The number of benzene rings is 2. The molecule has 3 fully saturated rings. The van der Waals surface area contributed by atoms with Crippen molar-refractivity contribution in [3.05, 3.63) is 64.1 Å². The molecule has 5 rings (SSSR count). The van der Waals surface area contributed by atoms with Crippen LogP contribution in [0, 0.1) is 0 Å². The van der Waals surface area contributed by atoms with Crippen LogP contribution in [0.2, 0.25) is 0 Å². The highest BCUT2D eigenvalue weighted by Gasteiger charge is 2.63. The minimum atomic E-state index is -0.476. The highest BCUT2D eigenvalue weighted by molar-refractivity contribution is 9.10. The minimum absolute atomic E-state index is 0.249. The summed E-state index contributed by atoms with van der Waals surface area (Å²) in [6.07, 6.45) is 30.5. The summed E-state index contributed by atoms with van der Waals surface area (Å²) in [4.78, 5) is 0. The van der Waals surface area contributed by atoms with E-state index in [0.717, 1.165) is 5.46 Å². The summed E-state index contributed by atoms with van der Waals surface area (Å²) in [6.45, 7) is 29.2. The maximum atomic E-state index is 6.13. The van der Waals surface area contributed by atoms with Crippen LogP contribution in [-0.2, 0) is 40.8 Å². The lowest BCUT2D eigenvalue weighted by Gasteiger charge is -2.32. The van der Waals surface area contributed by atoms with Gasteiger partial charge in [0.2, 0.25) is 0 Å². The van der Waals surface area contributed by atoms with Crippen molar-refractivity contribution >= 4 is 42.5 Å². The molecule has 0 amide bonds. The maximum Gasteiger partial charge on any atom is 0.494 e. The van der Waals surface area contributed by atoms with Crippen LogP contribution in [0.5, 0.6) is 0 Å². The Labute approximate surface area is 404 Å². The zero-order chi connectivity index (χ0) is 47.5. The quantitative estimate of drug-likeness (QED) is 0.0772. The van der Waals surface area contributed by atoms with Crippen LogP contribution < -0.4 is 5.46 Å². The van der Waals surface area contributed by atoms with Crippen LogP contribution in [0.4, 0.5) is 0 Å². The SMILES string of the molecule is CC1(C)OB(B2OC(C)(C)C(C)(C)O2)OC1(C)C.CCCCCCCCCCCCc1ccc(B2OC(C)(C)C(C)(C)O2)cc1.CCCCCCCCCCCCc1ccc(Br)cc1. The second-order valence-electron chi connectivity index (χ2n) is 22.1. The molecule has 0 saturated carbocycles. The largest absolute Gasteiger partial charge is 0.494 e.